The molecule has 0 aliphatic carbocycles. The van der Waals surface area contributed by atoms with E-state index in [-0.39, 0.29) is 0 Å². The molecule has 3 heteroatoms. The Morgan fingerprint density at radius 1 is 2.18 bits per heavy atom. The molecule has 0 spiro atoms. The molecule has 0 N–H and O–H groups in total. The molecule has 1 saturated heterocycles. The minimum Gasteiger partial charge on any atom is -0.468 e. The van der Waals surface area contributed by atoms with Gasteiger partial charge in [0.25, 0.3) is 0 Å². The number of hydrogen-bond acceptors (Lipinski definition) is 3. The van der Waals surface area contributed by atoms with E-state index in [2.05, 4.69) is 4.74 Å². The molecule has 0 amide bonds. The van der Waals surface area contributed by atoms with Crippen LogP contribution in [0, 0.1) is 0 Å². The molecular weight excluding hydrogens is 142 g/mol. The Balaban J connectivity index is 3.86. The van der Waals surface area contributed by atoms with E-state index in [1.54, 1.807) is 0 Å². The molecule has 11 heavy (non-hydrogen) atoms. The maximum atomic E-state index is 11.9. The van der Waals surface area contributed by atoms with Crippen LogP contribution in [0.1, 0.15) is 36.0 Å². The standard InChI is InChI=1S/C8H15NO2/c1-3-9-6-4-5-7(9)8(10)11-2/h7H,3-6H2,1-2H3/i1D3,3D2,4D2,5D2,6D2,7D. The highest BCUT2D eigenvalue weighted by Crippen LogP contribution is 2.17. The summed E-state index contributed by atoms with van der Waals surface area (Å²) >= 11 is 0. The predicted octanol–water partition coefficient (Wildman–Crippen LogP) is 0.644. The third-order valence-corrected chi connectivity index (χ3v) is 1.06. The molecule has 0 saturated carbocycles. The molecular formula is C8H15NO2. The third kappa shape index (κ3) is 1.71. The second-order valence-electron chi connectivity index (χ2n) is 1.65. The van der Waals surface area contributed by atoms with Crippen molar-refractivity contribution >= 4 is 5.97 Å². The molecule has 0 bridgehead atoms. The van der Waals surface area contributed by atoms with Gasteiger partial charge in [0.1, 0.15) is 6.02 Å². The zero-order valence-electron chi connectivity index (χ0n) is 17.8. The van der Waals surface area contributed by atoms with Gasteiger partial charge in [-0.05, 0) is 25.7 Å². The van der Waals surface area contributed by atoms with Crippen LogP contribution in [0.15, 0.2) is 0 Å². The van der Waals surface area contributed by atoms with Crippen LogP contribution in [-0.2, 0) is 9.53 Å². The fourth-order valence-electron chi connectivity index (χ4n) is 0.578. The topological polar surface area (TPSA) is 29.5 Å². The summed E-state index contributed by atoms with van der Waals surface area (Å²) in [6.07, 6.45) is -7.20. The van der Waals surface area contributed by atoms with Crippen LogP contribution in [0.3, 0.4) is 0 Å². The lowest BCUT2D eigenvalue weighted by atomic mass is 10.2. The summed E-state index contributed by atoms with van der Waals surface area (Å²) in [5, 5.41) is 0. The third-order valence-electron chi connectivity index (χ3n) is 1.06. The summed E-state index contributed by atoms with van der Waals surface area (Å²) in [6, 6.07) is -3.60. The minimum absolute atomic E-state index is 0.536. The zero-order valence-corrected chi connectivity index (χ0v) is 5.76. The van der Waals surface area contributed by atoms with Crippen molar-refractivity contribution in [3.63, 3.8) is 0 Å². The molecule has 3 nitrogen and oxygen atoms in total. The molecule has 1 rings (SSSR count). The quantitative estimate of drug-likeness (QED) is 0.568. The van der Waals surface area contributed by atoms with E-state index < -0.39 is 49.5 Å². The number of esters is 1. The molecule has 0 radical (unpaired) electrons. The second-order valence-corrected chi connectivity index (χ2v) is 1.65. The maximum Gasteiger partial charge on any atom is 0.323 e. The van der Waals surface area contributed by atoms with Gasteiger partial charge in [-0.1, -0.05) is 6.85 Å². The van der Waals surface area contributed by atoms with Gasteiger partial charge in [-0.15, -0.1) is 0 Å². The maximum absolute atomic E-state index is 11.9. The van der Waals surface area contributed by atoms with Gasteiger partial charge in [0, 0.05) is 15.1 Å². The van der Waals surface area contributed by atoms with Crippen molar-refractivity contribution in [1.82, 2.24) is 4.90 Å². The van der Waals surface area contributed by atoms with Crippen LogP contribution in [0.4, 0.5) is 0 Å². The average molecular weight is 169 g/mol. The predicted molar refractivity (Wildman–Crippen MR) is 42.3 cm³/mol. The molecule has 0 aromatic carbocycles. The summed E-state index contributed by atoms with van der Waals surface area (Å²) in [5.41, 5.74) is 0. The molecule has 0 aromatic rings. The number of nitrogens with zero attached hydrogens (tertiary/aromatic N) is 1. The normalized spacial score (nSPS) is 64.5. The Morgan fingerprint density at radius 3 is 3.64 bits per heavy atom. The first-order valence-electron chi connectivity index (χ1n) is 8.74. The summed E-state index contributed by atoms with van der Waals surface area (Å²) < 4.78 is 95.2. The average Bonchev–Trinajstić information content (AvgIpc) is 2.42. The van der Waals surface area contributed by atoms with Gasteiger partial charge in [0.2, 0.25) is 0 Å². The summed E-state index contributed by atoms with van der Waals surface area (Å²) in [7, 11) is 0.710. The fraction of sp³-hybridized carbons (Fsp3) is 0.875. The largest absolute Gasteiger partial charge is 0.468 e. The van der Waals surface area contributed by atoms with E-state index in [1.165, 1.54) is 0 Å². The Morgan fingerprint density at radius 2 is 3.00 bits per heavy atom. The number of methoxy groups -OCH3 is 1. The molecule has 64 valence electrons. The van der Waals surface area contributed by atoms with Crippen molar-refractivity contribution in [3.05, 3.63) is 0 Å². The Kier molecular flexibility index (Phi) is 0.623. The van der Waals surface area contributed by atoms with Crippen molar-refractivity contribution in [1.29, 1.82) is 0 Å². The summed E-state index contributed by atoms with van der Waals surface area (Å²) in [4.78, 5) is 11.4. The van der Waals surface area contributed by atoms with Crippen LogP contribution in [-0.4, -0.2) is 37.0 Å². The second kappa shape index (κ2) is 3.72. The SMILES string of the molecule is [2H]C([2H])([2H])C([2H])([2H])N1C([2H])([2H])C([2H])([2H])C([2H])([2H])C1([2H])C(=O)OC. The summed E-state index contributed by atoms with van der Waals surface area (Å²) in [6.45, 7) is -11.0. The summed E-state index contributed by atoms with van der Waals surface area (Å²) in [5.74, 6) is -1.82. The van der Waals surface area contributed by atoms with E-state index in [0.29, 0.717) is 7.11 Å². The van der Waals surface area contributed by atoms with E-state index >= 15 is 0 Å². The van der Waals surface area contributed by atoms with Gasteiger partial charge in [0.15, 0.2) is 0 Å². The van der Waals surface area contributed by atoms with Gasteiger partial charge in [-0.3, -0.25) is 9.69 Å². The zero-order chi connectivity index (χ0) is 18.9. The number of rotatable bonds is 2. The van der Waals surface area contributed by atoms with Crippen LogP contribution >= 0.6 is 0 Å². The molecule has 1 atom stereocenters. The lowest BCUT2D eigenvalue weighted by Gasteiger charge is -2.19. The first-order valence-corrected chi connectivity index (χ1v) is 2.74. The first kappa shape index (κ1) is 1.84. The van der Waals surface area contributed by atoms with Crippen molar-refractivity contribution < 1.29 is 26.0 Å². The Hall–Kier alpha value is -0.570. The Bertz CT molecular complexity index is 514. The van der Waals surface area contributed by atoms with Crippen molar-refractivity contribution in [3.8, 4) is 0 Å². The van der Waals surface area contributed by atoms with E-state index in [1.807, 2.05) is 0 Å². The highest BCUT2D eigenvalue weighted by Gasteiger charge is 2.29. The first-order chi connectivity index (χ1) is 9.85. The number of hydrogen-bond donors (Lipinski definition) is 0. The smallest absolute Gasteiger partial charge is 0.323 e. The number of carbonyl (C=O) groups is 1. The van der Waals surface area contributed by atoms with Gasteiger partial charge < -0.3 is 4.74 Å². The van der Waals surface area contributed by atoms with Gasteiger partial charge in [-0.2, -0.15) is 0 Å². The van der Waals surface area contributed by atoms with E-state index in [0.717, 1.165) is 0 Å². The van der Waals surface area contributed by atoms with Crippen molar-refractivity contribution in [2.75, 3.05) is 20.1 Å². The fourth-order valence-corrected chi connectivity index (χ4v) is 0.578. The number of likely N-dealkylation sites (N-methyl/N-ethyl adjacent to an activating group) is 1. The van der Waals surface area contributed by atoms with Crippen molar-refractivity contribution in [2.24, 2.45) is 0 Å². The lowest BCUT2D eigenvalue weighted by Crippen LogP contribution is -2.36. The molecule has 1 fully saturated rings. The van der Waals surface area contributed by atoms with Crippen molar-refractivity contribution in [2.45, 2.75) is 25.6 Å². The molecule has 1 aliphatic heterocycles. The monoisotopic (exact) mass is 169 g/mol. The van der Waals surface area contributed by atoms with Crippen LogP contribution in [0.5, 0.6) is 0 Å². The molecule has 0 aromatic heterocycles. The highest BCUT2D eigenvalue weighted by molar-refractivity contribution is 5.75. The van der Waals surface area contributed by atoms with Crippen LogP contribution in [0.25, 0.3) is 0 Å². The van der Waals surface area contributed by atoms with Gasteiger partial charge in [0.05, 0.1) is 8.48 Å². The van der Waals surface area contributed by atoms with Crippen LogP contribution in [0.2, 0.25) is 0 Å². The number of carbonyl (C=O) groups excluding carboxylic acids is 1. The number of ether oxygens (including phenoxy) is 1. The van der Waals surface area contributed by atoms with Crippen LogP contribution < -0.4 is 0 Å². The Labute approximate surface area is 84.2 Å². The molecule has 1 heterocycles. The van der Waals surface area contributed by atoms with E-state index in [9.17, 15) is 4.79 Å². The molecule has 1 aliphatic rings. The molecule has 1 unspecified atom stereocenters. The minimum atomic E-state index is -3.73. The van der Waals surface area contributed by atoms with Gasteiger partial charge >= 0.3 is 5.97 Å². The van der Waals surface area contributed by atoms with Gasteiger partial charge in [-0.25, -0.2) is 0 Å². The highest BCUT2D eigenvalue weighted by atomic mass is 16.5. The van der Waals surface area contributed by atoms with E-state index in [4.69, 9.17) is 16.4 Å². The number of likely N-dealkylation sites (tertiary alicyclic amines) is 1. The lowest BCUT2D eigenvalue weighted by molar-refractivity contribution is -0.145.